The van der Waals surface area contributed by atoms with Crippen LogP contribution in [0.25, 0.3) is 0 Å². The molecule has 1 fully saturated rings. The molecule has 1 aliphatic rings. The largest absolute Gasteiger partial charge is 0.395 e. The van der Waals surface area contributed by atoms with Crippen LogP contribution in [0.4, 0.5) is 0 Å². The number of rotatable bonds is 3. The van der Waals surface area contributed by atoms with Gasteiger partial charge in [-0.15, -0.1) is 0 Å². The number of sulfone groups is 1. The van der Waals surface area contributed by atoms with E-state index in [0.717, 1.165) is 0 Å². The van der Waals surface area contributed by atoms with Crippen LogP contribution < -0.4 is 0 Å². The highest BCUT2D eigenvalue weighted by atomic mass is 32.2. The summed E-state index contributed by atoms with van der Waals surface area (Å²) in [6, 6.07) is 0.113. The maximum Gasteiger partial charge on any atom is 0.151 e. The highest BCUT2D eigenvalue weighted by Crippen LogP contribution is 2.15. The Morgan fingerprint density at radius 2 is 2.25 bits per heavy atom. The van der Waals surface area contributed by atoms with Crippen molar-refractivity contribution in [2.75, 3.05) is 31.7 Å². The van der Waals surface area contributed by atoms with Gasteiger partial charge in [-0.1, -0.05) is 0 Å². The SMILES string of the molecule is CN(CCO)C1CCS(=O)(=O)C1. The molecule has 72 valence electrons. The fourth-order valence-electron chi connectivity index (χ4n) is 1.46. The van der Waals surface area contributed by atoms with E-state index in [0.29, 0.717) is 18.7 Å². The van der Waals surface area contributed by atoms with Gasteiger partial charge in [0.25, 0.3) is 0 Å². The van der Waals surface area contributed by atoms with E-state index >= 15 is 0 Å². The second-order valence-electron chi connectivity index (χ2n) is 3.26. The predicted molar refractivity (Wildman–Crippen MR) is 46.8 cm³/mol. The summed E-state index contributed by atoms with van der Waals surface area (Å²) in [7, 11) is -0.933. The first kappa shape index (κ1) is 9.95. The molecule has 1 atom stereocenters. The Balaban J connectivity index is 2.46. The van der Waals surface area contributed by atoms with E-state index in [9.17, 15) is 8.42 Å². The van der Waals surface area contributed by atoms with Crippen molar-refractivity contribution in [1.29, 1.82) is 0 Å². The lowest BCUT2D eigenvalue weighted by Crippen LogP contribution is -2.34. The van der Waals surface area contributed by atoms with Crippen LogP contribution in [-0.2, 0) is 9.84 Å². The molecule has 0 aromatic heterocycles. The maximum atomic E-state index is 11.1. The summed E-state index contributed by atoms with van der Waals surface area (Å²) in [5, 5.41) is 8.64. The summed E-state index contributed by atoms with van der Waals surface area (Å²) >= 11 is 0. The van der Waals surface area contributed by atoms with E-state index in [4.69, 9.17) is 5.11 Å². The highest BCUT2D eigenvalue weighted by molar-refractivity contribution is 7.91. The van der Waals surface area contributed by atoms with Crippen LogP contribution in [0.2, 0.25) is 0 Å². The predicted octanol–water partition coefficient (Wildman–Crippen LogP) is -0.902. The first-order valence-corrected chi connectivity index (χ1v) is 5.89. The van der Waals surface area contributed by atoms with Crippen LogP contribution in [0.1, 0.15) is 6.42 Å². The molecule has 0 radical (unpaired) electrons. The van der Waals surface area contributed by atoms with Crippen molar-refractivity contribution in [3.05, 3.63) is 0 Å². The quantitative estimate of drug-likeness (QED) is 0.631. The van der Waals surface area contributed by atoms with Crippen molar-refractivity contribution in [1.82, 2.24) is 4.90 Å². The van der Waals surface area contributed by atoms with Crippen molar-refractivity contribution in [3.8, 4) is 0 Å². The van der Waals surface area contributed by atoms with E-state index < -0.39 is 9.84 Å². The van der Waals surface area contributed by atoms with Crippen molar-refractivity contribution in [2.24, 2.45) is 0 Å². The molecule has 1 heterocycles. The van der Waals surface area contributed by atoms with Gasteiger partial charge < -0.3 is 10.0 Å². The average Bonchev–Trinajstić information content (AvgIpc) is 2.31. The molecule has 0 aromatic carbocycles. The van der Waals surface area contributed by atoms with Gasteiger partial charge in [-0.05, 0) is 13.5 Å². The van der Waals surface area contributed by atoms with E-state index in [2.05, 4.69) is 0 Å². The summed E-state index contributed by atoms with van der Waals surface area (Å²) in [5.41, 5.74) is 0. The molecule has 1 N–H and O–H groups in total. The lowest BCUT2D eigenvalue weighted by atomic mass is 10.2. The Labute approximate surface area is 73.1 Å². The van der Waals surface area contributed by atoms with Crippen LogP contribution in [0, 0.1) is 0 Å². The molecule has 0 bridgehead atoms. The van der Waals surface area contributed by atoms with Crippen molar-refractivity contribution >= 4 is 9.84 Å². The highest BCUT2D eigenvalue weighted by Gasteiger charge is 2.29. The number of hydrogen-bond acceptors (Lipinski definition) is 4. The lowest BCUT2D eigenvalue weighted by molar-refractivity contribution is 0.190. The topological polar surface area (TPSA) is 57.6 Å². The molecule has 0 spiro atoms. The van der Waals surface area contributed by atoms with Crippen molar-refractivity contribution < 1.29 is 13.5 Å². The molecular weight excluding hydrogens is 178 g/mol. The zero-order valence-corrected chi connectivity index (χ0v) is 8.05. The van der Waals surface area contributed by atoms with Crippen LogP contribution in [0.15, 0.2) is 0 Å². The number of hydrogen-bond donors (Lipinski definition) is 1. The van der Waals surface area contributed by atoms with E-state index in [1.165, 1.54) is 0 Å². The molecule has 0 aliphatic carbocycles. The Kier molecular flexibility index (Phi) is 3.09. The normalized spacial score (nSPS) is 28.1. The lowest BCUT2D eigenvalue weighted by Gasteiger charge is -2.21. The first-order chi connectivity index (χ1) is 5.55. The summed E-state index contributed by atoms with van der Waals surface area (Å²) in [6.45, 7) is 0.646. The summed E-state index contributed by atoms with van der Waals surface area (Å²) in [6.07, 6.45) is 0.707. The zero-order chi connectivity index (χ0) is 9.19. The third-order valence-corrected chi connectivity index (χ3v) is 4.03. The summed E-state index contributed by atoms with van der Waals surface area (Å²) in [5.74, 6) is 0.553. The Morgan fingerprint density at radius 1 is 1.58 bits per heavy atom. The smallest absolute Gasteiger partial charge is 0.151 e. The molecule has 0 saturated carbocycles. The van der Waals surface area contributed by atoms with Crippen LogP contribution in [0.3, 0.4) is 0 Å². The Bertz CT molecular complexity index is 237. The second-order valence-corrected chi connectivity index (χ2v) is 5.49. The molecule has 1 unspecified atom stereocenters. The van der Waals surface area contributed by atoms with E-state index in [1.54, 1.807) is 0 Å². The van der Waals surface area contributed by atoms with E-state index in [-0.39, 0.29) is 18.4 Å². The minimum absolute atomic E-state index is 0.0903. The third kappa shape index (κ3) is 2.43. The molecule has 1 saturated heterocycles. The van der Waals surface area contributed by atoms with Gasteiger partial charge in [0.05, 0.1) is 18.1 Å². The minimum atomic E-state index is -2.78. The fourth-order valence-corrected chi connectivity index (χ4v) is 3.27. The number of nitrogens with zero attached hydrogens (tertiary/aromatic N) is 1. The molecular formula is C7H15NO3S. The van der Waals surface area contributed by atoms with Gasteiger partial charge >= 0.3 is 0 Å². The molecule has 1 rings (SSSR count). The minimum Gasteiger partial charge on any atom is -0.395 e. The van der Waals surface area contributed by atoms with Gasteiger partial charge in [0.1, 0.15) is 0 Å². The van der Waals surface area contributed by atoms with Gasteiger partial charge in [0.2, 0.25) is 0 Å². The van der Waals surface area contributed by atoms with E-state index in [1.807, 2.05) is 11.9 Å². The average molecular weight is 193 g/mol. The Hall–Kier alpha value is -0.130. The molecule has 12 heavy (non-hydrogen) atoms. The number of aliphatic hydroxyl groups is 1. The molecule has 1 aliphatic heterocycles. The van der Waals surface area contributed by atoms with Crippen LogP contribution in [-0.4, -0.2) is 56.2 Å². The standard InChI is InChI=1S/C7H15NO3S/c1-8(3-4-9)7-2-5-12(10,11)6-7/h7,9H,2-6H2,1H3. The number of likely N-dealkylation sites (N-methyl/N-ethyl adjacent to an activating group) is 1. The Morgan fingerprint density at radius 3 is 2.67 bits per heavy atom. The van der Waals surface area contributed by atoms with Gasteiger partial charge in [-0.3, -0.25) is 0 Å². The summed E-state index contributed by atoms with van der Waals surface area (Å²) in [4.78, 5) is 1.91. The van der Waals surface area contributed by atoms with Gasteiger partial charge in [0.15, 0.2) is 9.84 Å². The third-order valence-electron chi connectivity index (χ3n) is 2.28. The van der Waals surface area contributed by atoms with Crippen LogP contribution >= 0.6 is 0 Å². The number of aliphatic hydroxyl groups excluding tert-OH is 1. The van der Waals surface area contributed by atoms with Gasteiger partial charge in [-0.2, -0.15) is 0 Å². The molecule has 0 aromatic rings. The second kappa shape index (κ2) is 3.72. The fraction of sp³-hybridized carbons (Fsp3) is 1.00. The molecule has 4 nitrogen and oxygen atoms in total. The molecule has 0 amide bonds. The van der Waals surface area contributed by atoms with Gasteiger partial charge in [0, 0.05) is 12.6 Å². The van der Waals surface area contributed by atoms with Crippen LogP contribution in [0.5, 0.6) is 0 Å². The summed E-state index contributed by atoms with van der Waals surface area (Å²) < 4.78 is 22.1. The first-order valence-electron chi connectivity index (χ1n) is 4.07. The molecule has 5 heteroatoms. The monoisotopic (exact) mass is 193 g/mol. The van der Waals surface area contributed by atoms with Gasteiger partial charge in [-0.25, -0.2) is 8.42 Å². The zero-order valence-electron chi connectivity index (χ0n) is 7.23. The van der Waals surface area contributed by atoms with Crippen molar-refractivity contribution in [2.45, 2.75) is 12.5 Å². The maximum absolute atomic E-state index is 11.1. The van der Waals surface area contributed by atoms with Crippen molar-refractivity contribution in [3.63, 3.8) is 0 Å².